The molecule has 0 saturated heterocycles. The lowest BCUT2D eigenvalue weighted by atomic mass is 10.0. The number of carbonyl (C=O) groups is 2. The molecule has 0 radical (unpaired) electrons. The maximum Gasteiger partial charge on any atom is 0.264 e. The van der Waals surface area contributed by atoms with Crippen molar-refractivity contribution < 1.29 is 27.5 Å². The van der Waals surface area contributed by atoms with Crippen LogP contribution in [-0.4, -0.2) is 57.5 Å². The molecule has 0 fully saturated rings. The Kier molecular flexibility index (Phi) is 12.2. The third-order valence-corrected chi connectivity index (χ3v) is 9.92. The van der Waals surface area contributed by atoms with Crippen LogP contribution in [0.5, 0.6) is 11.5 Å². The molecule has 48 heavy (non-hydrogen) atoms. The Hall–Kier alpha value is -4.06. The van der Waals surface area contributed by atoms with Crippen LogP contribution < -0.4 is 19.1 Å². The molecule has 1 N–H and O–H groups in total. The number of methoxy groups -OCH3 is 2. The molecular weight excluding hydrogens is 718 g/mol. The monoisotopic (exact) mass is 755 g/mol. The van der Waals surface area contributed by atoms with Crippen LogP contribution in [0.4, 0.5) is 5.69 Å². The van der Waals surface area contributed by atoms with Crippen molar-refractivity contribution in [3.05, 3.63) is 118 Å². The number of hydrogen-bond acceptors (Lipinski definition) is 6. The fourth-order valence-electron chi connectivity index (χ4n) is 5.03. The summed E-state index contributed by atoms with van der Waals surface area (Å²) in [4.78, 5) is 30.0. The average molecular weight is 757 g/mol. The van der Waals surface area contributed by atoms with E-state index >= 15 is 0 Å². The van der Waals surface area contributed by atoms with Crippen LogP contribution in [0.2, 0.25) is 5.02 Å². The summed E-state index contributed by atoms with van der Waals surface area (Å²) in [6.45, 7) is 5.03. The van der Waals surface area contributed by atoms with E-state index in [1.165, 1.54) is 49.5 Å². The zero-order valence-corrected chi connectivity index (χ0v) is 30.6. The first-order valence-electron chi connectivity index (χ1n) is 15.1. The maximum absolute atomic E-state index is 14.6. The molecule has 0 saturated carbocycles. The molecule has 4 aromatic rings. The van der Waals surface area contributed by atoms with Gasteiger partial charge in [-0.15, -0.1) is 0 Å². The summed E-state index contributed by atoms with van der Waals surface area (Å²) in [6, 6.07) is 26.2. The van der Waals surface area contributed by atoms with Crippen molar-refractivity contribution in [2.45, 2.75) is 50.2 Å². The SMILES string of the molecule is COc1ccc(S(=O)(=O)N(CC(=O)N(Cc2ccc(Br)cc2)[C@H](Cc2ccccc2)C(=O)NC(C)(C)C)c2ccc(Cl)cc2)cc1OC. The minimum atomic E-state index is -4.36. The third kappa shape index (κ3) is 9.52. The molecule has 0 aliphatic carbocycles. The number of benzene rings is 4. The minimum Gasteiger partial charge on any atom is -0.493 e. The first kappa shape index (κ1) is 36.8. The van der Waals surface area contributed by atoms with Gasteiger partial charge in [0, 0.05) is 34.1 Å². The Labute approximate surface area is 296 Å². The molecule has 1 atom stereocenters. The van der Waals surface area contributed by atoms with E-state index in [-0.39, 0.29) is 35.2 Å². The minimum absolute atomic E-state index is 0.0477. The van der Waals surface area contributed by atoms with Crippen molar-refractivity contribution in [3.63, 3.8) is 0 Å². The van der Waals surface area contributed by atoms with Gasteiger partial charge in [0.2, 0.25) is 11.8 Å². The number of rotatable bonds is 13. The molecular formula is C36H39BrClN3O6S. The molecule has 9 nitrogen and oxygen atoms in total. The largest absolute Gasteiger partial charge is 0.493 e. The van der Waals surface area contributed by atoms with Crippen molar-refractivity contribution in [2.24, 2.45) is 0 Å². The van der Waals surface area contributed by atoms with Gasteiger partial charge in [-0.05, 0) is 80.4 Å². The number of anilines is 1. The van der Waals surface area contributed by atoms with Crippen molar-refractivity contribution in [1.82, 2.24) is 10.2 Å². The van der Waals surface area contributed by atoms with Crippen LogP contribution in [0.3, 0.4) is 0 Å². The molecule has 4 rings (SSSR count). The summed E-state index contributed by atoms with van der Waals surface area (Å²) >= 11 is 9.62. The third-order valence-electron chi connectivity index (χ3n) is 7.37. The molecule has 0 aromatic heterocycles. The molecule has 0 aliphatic rings. The number of amides is 2. The predicted molar refractivity (Wildman–Crippen MR) is 192 cm³/mol. The normalized spacial score (nSPS) is 12.1. The molecule has 0 bridgehead atoms. The van der Waals surface area contributed by atoms with Gasteiger partial charge in [0.05, 0.1) is 24.8 Å². The number of nitrogens with one attached hydrogen (secondary N) is 1. The molecule has 0 aliphatic heterocycles. The fourth-order valence-corrected chi connectivity index (χ4v) is 6.85. The number of nitrogens with zero attached hydrogens (tertiary/aromatic N) is 2. The van der Waals surface area contributed by atoms with Gasteiger partial charge in [-0.25, -0.2) is 8.42 Å². The van der Waals surface area contributed by atoms with E-state index in [2.05, 4.69) is 21.2 Å². The average Bonchev–Trinajstić information content (AvgIpc) is 3.05. The molecule has 0 unspecified atom stereocenters. The summed E-state index contributed by atoms with van der Waals surface area (Å²) < 4.78 is 41.3. The number of halogens is 2. The van der Waals surface area contributed by atoms with Gasteiger partial charge >= 0.3 is 0 Å². The van der Waals surface area contributed by atoms with Crippen molar-refractivity contribution in [2.75, 3.05) is 25.1 Å². The smallest absolute Gasteiger partial charge is 0.264 e. The van der Waals surface area contributed by atoms with Gasteiger partial charge < -0.3 is 19.7 Å². The van der Waals surface area contributed by atoms with E-state index in [0.29, 0.717) is 10.8 Å². The molecule has 0 heterocycles. The second-order valence-corrected chi connectivity index (χ2v) is 15.3. The van der Waals surface area contributed by atoms with Gasteiger partial charge in [0.1, 0.15) is 12.6 Å². The highest BCUT2D eigenvalue weighted by Gasteiger charge is 2.36. The van der Waals surface area contributed by atoms with Crippen LogP contribution in [0.1, 0.15) is 31.9 Å². The Morgan fingerprint density at radius 2 is 1.48 bits per heavy atom. The highest BCUT2D eigenvalue weighted by atomic mass is 79.9. The van der Waals surface area contributed by atoms with Crippen molar-refractivity contribution in [1.29, 1.82) is 0 Å². The van der Waals surface area contributed by atoms with E-state index in [4.69, 9.17) is 21.1 Å². The van der Waals surface area contributed by atoms with Crippen LogP contribution in [-0.2, 0) is 32.6 Å². The summed E-state index contributed by atoms with van der Waals surface area (Å²) in [7, 11) is -1.51. The first-order valence-corrected chi connectivity index (χ1v) is 17.7. The van der Waals surface area contributed by atoms with Crippen LogP contribution in [0.15, 0.2) is 106 Å². The van der Waals surface area contributed by atoms with Crippen molar-refractivity contribution in [3.8, 4) is 11.5 Å². The van der Waals surface area contributed by atoms with E-state index in [0.717, 1.165) is 19.9 Å². The molecule has 4 aromatic carbocycles. The van der Waals surface area contributed by atoms with Crippen LogP contribution in [0, 0.1) is 0 Å². The lowest BCUT2D eigenvalue weighted by molar-refractivity contribution is -0.140. The number of ether oxygens (including phenoxy) is 2. The topological polar surface area (TPSA) is 105 Å². The zero-order chi connectivity index (χ0) is 35.1. The summed E-state index contributed by atoms with van der Waals surface area (Å²) in [5.74, 6) is -0.390. The highest BCUT2D eigenvalue weighted by Crippen LogP contribution is 2.33. The van der Waals surface area contributed by atoms with Gasteiger partial charge in [0.25, 0.3) is 10.0 Å². The second kappa shape index (κ2) is 15.9. The highest BCUT2D eigenvalue weighted by molar-refractivity contribution is 9.10. The Balaban J connectivity index is 1.83. The van der Waals surface area contributed by atoms with E-state index < -0.39 is 34.1 Å². The standard InChI is InChI=1S/C36H39BrClN3O6S/c1-36(2,3)39-35(43)31(21-25-9-7-6-8-10-25)40(23-26-11-13-27(37)14-12-26)34(42)24-41(29-17-15-28(38)16-18-29)48(44,45)30-19-20-32(46-4)33(22-30)47-5/h6-20,22,31H,21,23-24H2,1-5H3,(H,39,43)/t31-/m1/s1. The second-order valence-electron chi connectivity index (χ2n) is 12.1. The summed E-state index contributed by atoms with van der Waals surface area (Å²) in [5, 5.41) is 3.42. The molecule has 254 valence electrons. The molecule has 2 amide bonds. The Morgan fingerprint density at radius 3 is 2.06 bits per heavy atom. The van der Waals surface area contributed by atoms with Crippen LogP contribution in [0.25, 0.3) is 0 Å². The Bertz CT molecular complexity index is 1820. The molecule has 12 heteroatoms. The quantitative estimate of drug-likeness (QED) is 0.160. The number of carbonyl (C=O) groups excluding carboxylic acids is 2. The number of hydrogen-bond donors (Lipinski definition) is 1. The maximum atomic E-state index is 14.6. The Morgan fingerprint density at radius 1 is 0.854 bits per heavy atom. The summed E-state index contributed by atoms with van der Waals surface area (Å²) in [6.07, 6.45) is 0.203. The lowest BCUT2D eigenvalue weighted by Gasteiger charge is -2.35. The predicted octanol–water partition coefficient (Wildman–Crippen LogP) is 6.87. The van der Waals surface area contributed by atoms with E-state index in [9.17, 15) is 18.0 Å². The lowest BCUT2D eigenvalue weighted by Crippen LogP contribution is -2.56. The van der Waals surface area contributed by atoms with Crippen molar-refractivity contribution >= 4 is 55.1 Å². The number of sulfonamides is 1. The summed E-state index contributed by atoms with van der Waals surface area (Å²) in [5.41, 5.74) is 1.22. The van der Waals surface area contributed by atoms with E-state index in [1.807, 2.05) is 75.4 Å². The molecule has 0 spiro atoms. The zero-order valence-electron chi connectivity index (χ0n) is 27.4. The van der Waals surface area contributed by atoms with Gasteiger partial charge in [-0.2, -0.15) is 0 Å². The van der Waals surface area contributed by atoms with E-state index in [1.54, 1.807) is 12.1 Å². The van der Waals surface area contributed by atoms with Gasteiger partial charge in [0.15, 0.2) is 11.5 Å². The first-order chi connectivity index (χ1) is 22.7. The van der Waals surface area contributed by atoms with Crippen LogP contribution >= 0.6 is 27.5 Å². The fraction of sp³-hybridized carbons (Fsp3) is 0.278. The van der Waals surface area contributed by atoms with Gasteiger partial charge in [-0.3, -0.25) is 13.9 Å². The van der Waals surface area contributed by atoms with Gasteiger partial charge in [-0.1, -0.05) is 70.0 Å².